The first kappa shape index (κ1) is 14.7. The quantitative estimate of drug-likeness (QED) is 0.881. The van der Waals surface area contributed by atoms with Crippen LogP contribution in [0.2, 0.25) is 0 Å². The molecule has 2 N–H and O–H groups in total. The van der Waals surface area contributed by atoms with Crippen LogP contribution in [0.4, 0.5) is 4.39 Å². The lowest BCUT2D eigenvalue weighted by Gasteiger charge is -2.12. The molecule has 1 aromatic heterocycles. The first-order chi connectivity index (χ1) is 9.40. The van der Waals surface area contributed by atoms with Crippen LogP contribution in [-0.4, -0.2) is 20.1 Å². The standard InChI is InChI=1S/C13H14FNO4S/c1-9-7-10(14)4-5-13(9)20(17,18)15-8-11(16)12-3-2-6-19-12/h2-7,11,15-16H,8H2,1H3. The summed E-state index contributed by atoms with van der Waals surface area (Å²) in [4.78, 5) is -0.0226. The number of furan rings is 1. The molecule has 2 aromatic rings. The van der Waals surface area contributed by atoms with Crippen LogP contribution in [0, 0.1) is 12.7 Å². The van der Waals surface area contributed by atoms with Crippen LogP contribution in [0.25, 0.3) is 0 Å². The van der Waals surface area contributed by atoms with Crippen LogP contribution in [-0.2, 0) is 10.0 Å². The Morgan fingerprint density at radius 2 is 2.15 bits per heavy atom. The van der Waals surface area contributed by atoms with Crippen molar-refractivity contribution in [1.82, 2.24) is 4.72 Å². The van der Waals surface area contributed by atoms with Gasteiger partial charge in [-0.1, -0.05) is 0 Å². The van der Waals surface area contributed by atoms with Gasteiger partial charge in [-0.05, 0) is 42.8 Å². The Morgan fingerprint density at radius 1 is 1.40 bits per heavy atom. The number of halogens is 1. The Labute approximate surface area is 116 Å². The van der Waals surface area contributed by atoms with Gasteiger partial charge in [-0.3, -0.25) is 0 Å². The molecule has 5 nitrogen and oxygen atoms in total. The Kier molecular flexibility index (Phi) is 4.22. The van der Waals surface area contributed by atoms with Gasteiger partial charge in [0, 0.05) is 6.54 Å². The van der Waals surface area contributed by atoms with Crippen molar-refractivity contribution in [2.45, 2.75) is 17.9 Å². The number of aryl methyl sites for hydroxylation is 1. The molecule has 0 aliphatic rings. The van der Waals surface area contributed by atoms with E-state index in [0.717, 1.165) is 12.1 Å². The normalized spacial score (nSPS) is 13.3. The van der Waals surface area contributed by atoms with Gasteiger partial charge in [0.2, 0.25) is 10.0 Å². The van der Waals surface area contributed by atoms with Crippen LogP contribution < -0.4 is 4.72 Å². The molecule has 0 saturated heterocycles. The Hall–Kier alpha value is -1.70. The molecule has 20 heavy (non-hydrogen) atoms. The smallest absolute Gasteiger partial charge is 0.240 e. The summed E-state index contributed by atoms with van der Waals surface area (Å²) in [5, 5.41) is 9.75. The van der Waals surface area contributed by atoms with Gasteiger partial charge < -0.3 is 9.52 Å². The van der Waals surface area contributed by atoms with Gasteiger partial charge in [-0.25, -0.2) is 17.5 Å². The molecule has 1 unspecified atom stereocenters. The average Bonchev–Trinajstić information content (AvgIpc) is 2.89. The molecular formula is C13H14FNO4S. The zero-order valence-electron chi connectivity index (χ0n) is 10.7. The highest BCUT2D eigenvalue weighted by molar-refractivity contribution is 7.89. The largest absolute Gasteiger partial charge is 0.467 e. The van der Waals surface area contributed by atoms with E-state index in [1.165, 1.54) is 19.3 Å². The molecule has 1 heterocycles. The third kappa shape index (κ3) is 3.24. The number of aliphatic hydroxyl groups is 1. The summed E-state index contributed by atoms with van der Waals surface area (Å²) in [5.74, 6) is -0.236. The summed E-state index contributed by atoms with van der Waals surface area (Å²) in [6.07, 6.45) is 0.303. The van der Waals surface area contributed by atoms with Crippen LogP contribution in [0.15, 0.2) is 45.9 Å². The number of benzene rings is 1. The molecule has 0 amide bonds. The summed E-state index contributed by atoms with van der Waals surface area (Å²) < 4.78 is 44.3. The van der Waals surface area contributed by atoms with E-state index < -0.39 is 21.9 Å². The molecule has 0 aliphatic heterocycles. The van der Waals surface area contributed by atoms with Crippen LogP contribution in [0.1, 0.15) is 17.4 Å². The SMILES string of the molecule is Cc1cc(F)ccc1S(=O)(=O)NCC(O)c1ccco1. The monoisotopic (exact) mass is 299 g/mol. The summed E-state index contributed by atoms with van der Waals surface area (Å²) in [6.45, 7) is 1.27. The van der Waals surface area contributed by atoms with Crippen LogP contribution >= 0.6 is 0 Å². The fourth-order valence-corrected chi connectivity index (χ4v) is 3.02. The van der Waals surface area contributed by atoms with Crippen molar-refractivity contribution in [3.05, 3.63) is 53.7 Å². The summed E-state index contributed by atoms with van der Waals surface area (Å²) >= 11 is 0. The third-order valence-corrected chi connectivity index (χ3v) is 4.35. The lowest BCUT2D eigenvalue weighted by atomic mass is 10.2. The van der Waals surface area contributed by atoms with E-state index in [1.54, 1.807) is 12.1 Å². The van der Waals surface area contributed by atoms with Crippen molar-refractivity contribution in [2.24, 2.45) is 0 Å². The third-order valence-electron chi connectivity index (χ3n) is 2.76. The Balaban J connectivity index is 2.11. The van der Waals surface area contributed by atoms with Gasteiger partial charge in [-0.15, -0.1) is 0 Å². The second kappa shape index (κ2) is 5.74. The molecule has 108 valence electrons. The van der Waals surface area contributed by atoms with Crippen molar-refractivity contribution < 1.29 is 22.3 Å². The predicted molar refractivity (Wildman–Crippen MR) is 70.0 cm³/mol. The van der Waals surface area contributed by atoms with Gasteiger partial charge in [0.15, 0.2) is 0 Å². The van der Waals surface area contributed by atoms with E-state index >= 15 is 0 Å². The number of hydrogen-bond donors (Lipinski definition) is 2. The fourth-order valence-electron chi connectivity index (χ4n) is 1.76. The molecule has 0 aliphatic carbocycles. The van der Waals surface area contributed by atoms with Gasteiger partial charge in [-0.2, -0.15) is 0 Å². The predicted octanol–water partition coefficient (Wildman–Crippen LogP) is 1.74. The number of nitrogens with one attached hydrogen (secondary N) is 1. The summed E-state index contributed by atoms with van der Waals surface area (Å²) in [6, 6.07) is 6.54. The minimum absolute atomic E-state index is 0.0226. The molecule has 0 saturated carbocycles. The van der Waals surface area contributed by atoms with E-state index in [4.69, 9.17) is 4.42 Å². The maximum atomic E-state index is 13.0. The minimum Gasteiger partial charge on any atom is -0.467 e. The molecule has 7 heteroatoms. The summed E-state index contributed by atoms with van der Waals surface area (Å²) in [7, 11) is -3.81. The second-order valence-electron chi connectivity index (χ2n) is 4.29. The van der Waals surface area contributed by atoms with E-state index in [9.17, 15) is 17.9 Å². The molecule has 0 bridgehead atoms. The van der Waals surface area contributed by atoms with Crippen molar-refractivity contribution in [1.29, 1.82) is 0 Å². The molecule has 2 rings (SSSR count). The zero-order valence-corrected chi connectivity index (χ0v) is 11.5. The molecule has 0 spiro atoms. The lowest BCUT2D eigenvalue weighted by molar-refractivity contribution is 0.154. The first-order valence-corrected chi connectivity index (χ1v) is 7.36. The lowest BCUT2D eigenvalue weighted by Crippen LogP contribution is -2.29. The van der Waals surface area contributed by atoms with Gasteiger partial charge >= 0.3 is 0 Å². The van der Waals surface area contributed by atoms with Gasteiger partial charge in [0.05, 0.1) is 11.2 Å². The van der Waals surface area contributed by atoms with Crippen LogP contribution in [0.3, 0.4) is 0 Å². The highest BCUT2D eigenvalue weighted by Crippen LogP contribution is 2.17. The number of hydrogen-bond acceptors (Lipinski definition) is 4. The fraction of sp³-hybridized carbons (Fsp3) is 0.231. The van der Waals surface area contributed by atoms with Crippen LogP contribution in [0.5, 0.6) is 0 Å². The average molecular weight is 299 g/mol. The van der Waals surface area contributed by atoms with E-state index in [-0.39, 0.29) is 17.2 Å². The van der Waals surface area contributed by atoms with Crippen molar-refractivity contribution in [2.75, 3.05) is 6.54 Å². The number of sulfonamides is 1. The van der Waals surface area contributed by atoms with Gasteiger partial charge in [0.25, 0.3) is 0 Å². The molecule has 0 radical (unpaired) electrons. The van der Waals surface area contributed by atoms with E-state index in [1.807, 2.05) is 0 Å². The highest BCUT2D eigenvalue weighted by Gasteiger charge is 2.19. The van der Waals surface area contributed by atoms with Crippen molar-refractivity contribution in [3.8, 4) is 0 Å². The number of aliphatic hydroxyl groups excluding tert-OH is 1. The zero-order chi connectivity index (χ0) is 14.8. The summed E-state index contributed by atoms with van der Waals surface area (Å²) in [5.41, 5.74) is 0.296. The Morgan fingerprint density at radius 3 is 2.75 bits per heavy atom. The topological polar surface area (TPSA) is 79.5 Å². The first-order valence-electron chi connectivity index (χ1n) is 5.87. The van der Waals surface area contributed by atoms with E-state index in [2.05, 4.69) is 4.72 Å². The maximum Gasteiger partial charge on any atom is 0.240 e. The minimum atomic E-state index is -3.81. The molecule has 1 aromatic carbocycles. The molecule has 1 atom stereocenters. The highest BCUT2D eigenvalue weighted by atomic mass is 32.2. The Bertz CT molecular complexity index is 682. The van der Waals surface area contributed by atoms with Crippen molar-refractivity contribution in [3.63, 3.8) is 0 Å². The second-order valence-corrected chi connectivity index (χ2v) is 6.03. The molecular weight excluding hydrogens is 285 g/mol. The number of rotatable bonds is 5. The van der Waals surface area contributed by atoms with Crippen molar-refractivity contribution >= 4 is 10.0 Å². The van der Waals surface area contributed by atoms with E-state index in [0.29, 0.717) is 5.56 Å². The maximum absolute atomic E-state index is 13.0. The van der Waals surface area contributed by atoms with Gasteiger partial charge in [0.1, 0.15) is 17.7 Å². The molecule has 0 fully saturated rings.